The lowest BCUT2D eigenvalue weighted by Gasteiger charge is -2.48. The maximum Gasteiger partial charge on any atom is 0.228 e. The Labute approximate surface area is 502 Å². The van der Waals surface area contributed by atoms with Gasteiger partial charge in [0.2, 0.25) is 6.36 Å². The van der Waals surface area contributed by atoms with Crippen LogP contribution in [0, 0.1) is 0 Å². The van der Waals surface area contributed by atoms with Crippen LogP contribution in [0.15, 0.2) is 212 Å². The first kappa shape index (κ1) is 60.2. The van der Waals surface area contributed by atoms with Crippen molar-refractivity contribution < 1.29 is 75.4 Å². The van der Waals surface area contributed by atoms with Gasteiger partial charge in [0.05, 0.1) is 59.5 Å². The monoisotopic (exact) mass is 1170 g/mol. The van der Waals surface area contributed by atoms with E-state index in [9.17, 15) is 0 Å². The lowest BCUT2D eigenvalue weighted by atomic mass is 9.97. The molecular formula is C70H75FO15. The Kier molecular flexibility index (Phi) is 20.5. The molecule has 5 aliphatic heterocycles. The molecule has 0 spiro atoms. The molecule has 5 fully saturated rings. The molecule has 0 aromatic heterocycles. The van der Waals surface area contributed by atoms with Crippen molar-refractivity contribution in [3.05, 3.63) is 251 Å². The second-order valence-electron chi connectivity index (χ2n) is 22.6. The molecule has 0 saturated carbocycles. The van der Waals surface area contributed by atoms with Gasteiger partial charge in [0.25, 0.3) is 0 Å². The van der Waals surface area contributed by atoms with Crippen LogP contribution in [0.3, 0.4) is 0 Å². The molecule has 7 aromatic rings. The summed E-state index contributed by atoms with van der Waals surface area (Å²) < 4.78 is 120. The summed E-state index contributed by atoms with van der Waals surface area (Å²) in [6, 6.07) is 68.7. The minimum absolute atomic E-state index is 0.000182. The standard InChI is InChI=1S/C70H75FO15/c1-70(2)79-46-56(86-70)59-61(75-41-50-30-16-6-17-31-50)65(69(83-59)84-62-58-55(45-78-67(81-58)53-36-22-9-23-37-53)80-66(71)63(62)76-42-51-32-18-7-19-33-51)85-68-64(77-43-52-34-20-8-21-35-52)60(74-40-49-28-14-5-15-29-49)57(82-68)54(73-39-48-26-12-4-13-27-48)44-72-38-47-24-10-3-11-25-47/h3-37,54-69H,38-46H2,1-2H3/t54-,55-,56-,57+,58+,59+,60+,61+,62+,63-,64-,65-,66-,67+,68-,69+/m1/s1. The van der Waals surface area contributed by atoms with Crippen LogP contribution in [0.25, 0.3) is 0 Å². The predicted molar refractivity (Wildman–Crippen MR) is 313 cm³/mol. The van der Waals surface area contributed by atoms with Crippen molar-refractivity contribution in [1.29, 1.82) is 0 Å². The number of rotatable bonds is 26. The minimum atomic E-state index is -1.98. The van der Waals surface area contributed by atoms with Crippen LogP contribution in [-0.2, 0) is 111 Å². The van der Waals surface area contributed by atoms with Gasteiger partial charge in [0.15, 0.2) is 24.7 Å². The smallest absolute Gasteiger partial charge is 0.228 e. The summed E-state index contributed by atoms with van der Waals surface area (Å²) in [6.07, 6.45) is -16.8. The second kappa shape index (κ2) is 29.2. The zero-order valence-electron chi connectivity index (χ0n) is 48.3. The van der Waals surface area contributed by atoms with Crippen molar-refractivity contribution >= 4 is 0 Å². The Morgan fingerprint density at radius 1 is 0.430 bits per heavy atom. The molecule has 0 N–H and O–H groups in total. The molecule has 5 aliphatic rings. The van der Waals surface area contributed by atoms with Crippen LogP contribution in [0.5, 0.6) is 0 Å². The fourth-order valence-electron chi connectivity index (χ4n) is 11.6. The number of alkyl halides is 1. The first-order valence-electron chi connectivity index (χ1n) is 29.7. The number of hydrogen-bond acceptors (Lipinski definition) is 15. The normalized spacial score (nSPS) is 30.0. The number of halogens is 1. The van der Waals surface area contributed by atoms with Gasteiger partial charge in [-0.3, -0.25) is 0 Å². The lowest BCUT2D eigenvalue weighted by Crippen LogP contribution is -2.63. The van der Waals surface area contributed by atoms with E-state index in [0.717, 1.165) is 38.9 Å². The first-order valence-corrected chi connectivity index (χ1v) is 29.7. The van der Waals surface area contributed by atoms with Crippen LogP contribution in [0.1, 0.15) is 59.1 Å². The van der Waals surface area contributed by atoms with Crippen molar-refractivity contribution in [3.63, 3.8) is 0 Å². The van der Waals surface area contributed by atoms with Crippen molar-refractivity contribution in [2.75, 3.05) is 19.8 Å². The van der Waals surface area contributed by atoms with Crippen LogP contribution in [0.4, 0.5) is 4.39 Å². The molecule has 452 valence electrons. The summed E-state index contributed by atoms with van der Waals surface area (Å²) in [6.45, 7) is 5.07. The largest absolute Gasteiger partial charge is 0.374 e. The van der Waals surface area contributed by atoms with E-state index >= 15 is 4.39 Å². The van der Waals surface area contributed by atoms with Crippen LogP contribution in [-0.4, -0.2) is 118 Å². The molecular weight excluding hydrogens is 1100 g/mol. The van der Waals surface area contributed by atoms with E-state index in [1.54, 1.807) is 0 Å². The van der Waals surface area contributed by atoms with Gasteiger partial charge in [0.1, 0.15) is 73.2 Å². The molecule has 5 heterocycles. The van der Waals surface area contributed by atoms with Crippen LogP contribution in [0.2, 0.25) is 0 Å². The van der Waals surface area contributed by atoms with Crippen LogP contribution < -0.4 is 0 Å². The SMILES string of the molecule is CC1(C)OC[C@H]([C@@H]2O[C@@H](O[C@@H]3[C@@H](OCc4ccccc4)[C@H](F)O[C@@H]4CO[C@H](c5ccccc5)O[C@H]34)[C@H](O[C@H]3O[C@@H]([C@@H](COCc4ccccc4)OCc4ccccc4)[C@H](OCc4ccccc4)[C@H]3OCc3ccccc3)[C@H]2OCc2ccccc2)O1. The van der Waals surface area contributed by atoms with Gasteiger partial charge < -0.3 is 71.1 Å². The molecule has 12 rings (SSSR count). The predicted octanol–water partition coefficient (Wildman–Crippen LogP) is 11.3. The topological polar surface area (TPSA) is 138 Å². The van der Waals surface area contributed by atoms with E-state index in [0.29, 0.717) is 6.61 Å². The molecule has 0 aliphatic carbocycles. The summed E-state index contributed by atoms with van der Waals surface area (Å²) in [5.74, 6) is -0.972. The zero-order chi connectivity index (χ0) is 58.5. The molecule has 15 nitrogen and oxygen atoms in total. The highest BCUT2D eigenvalue weighted by Crippen LogP contribution is 2.43. The fraction of sp³-hybridized carbons (Fsp3) is 0.400. The highest BCUT2D eigenvalue weighted by atomic mass is 19.1. The third kappa shape index (κ3) is 15.4. The van der Waals surface area contributed by atoms with Gasteiger partial charge in [-0.1, -0.05) is 212 Å². The van der Waals surface area contributed by atoms with Gasteiger partial charge in [-0.2, -0.15) is 0 Å². The third-order valence-corrected chi connectivity index (χ3v) is 15.9. The van der Waals surface area contributed by atoms with Crippen molar-refractivity contribution in [3.8, 4) is 0 Å². The van der Waals surface area contributed by atoms with Gasteiger partial charge in [0, 0.05) is 5.56 Å². The number of ether oxygens (including phenoxy) is 15. The van der Waals surface area contributed by atoms with Crippen LogP contribution >= 0.6 is 0 Å². The molecule has 16 atom stereocenters. The summed E-state index contributed by atoms with van der Waals surface area (Å²) in [5, 5.41) is 0. The van der Waals surface area contributed by atoms with Gasteiger partial charge in [-0.15, -0.1) is 0 Å². The summed E-state index contributed by atoms with van der Waals surface area (Å²) in [4.78, 5) is 0. The van der Waals surface area contributed by atoms with E-state index in [2.05, 4.69) is 0 Å². The van der Waals surface area contributed by atoms with E-state index < -0.39 is 104 Å². The Morgan fingerprint density at radius 3 is 1.40 bits per heavy atom. The van der Waals surface area contributed by atoms with Gasteiger partial charge in [-0.25, -0.2) is 4.39 Å². The Morgan fingerprint density at radius 2 is 0.872 bits per heavy atom. The molecule has 86 heavy (non-hydrogen) atoms. The summed E-state index contributed by atoms with van der Waals surface area (Å²) in [5.41, 5.74) is 6.28. The summed E-state index contributed by atoms with van der Waals surface area (Å²) in [7, 11) is 0. The van der Waals surface area contributed by atoms with Crippen molar-refractivity contribution in [2.45, 2.75) is 158 Å². The Bertz CT molecular complexity index is 3090. The molecule has 16 heteroatoms. The molecule has 0 amide bonds. The van der Waals surface area contributed by atoms with E-state index in [-0.39, 0.29) is 52.9 Å². The lowest BCUT2D eigenvalue weighted by molar-refractivity contribution is -0.372. The number of hydrogen-bond donors (Lipinski definition) is 0. The molecule has 7 aromatic carbocycles. The van der Waals surface area contributed by atoms with E-state index in [4.69, 9.17) is 71.1 Å². The van der Waals surface area contributed by atoms with E-state index in [1.165, 1.54) is 0 Å². The highest BCUT2D eigenvalue weighted by molar-refractivity contribution is 5.20. The number of benzene rings is 7. The quantitative estimate of drug-likeness (QED) is 0.0508. The Hall–Kier alpha value is -6.13. The minimum Gasteiger partial charge on any atom is -0.374 e. The third-order valence-electron chi connectivity index (χ3n) is 15.9. The van der Waals surface area contributed by atoms with Crippen molar-refractivity contribution in [2.24, 2.45) is 0 Å². The van der Waals surface area contributed by atoms with E-state index in [1.807, 2.05) is 226 Å². The number of fused-ring (bicyclic) bond motifs is 1. The molecule has 0 radical (unpaired) electrons. The first-order chi connectivity index (χ1) is 42.3. The fourth-order valence-corrected chi connectivity index (χ4v) is 11.6. The molecule has 0 bridgehead atoms. The Balaban J connectivity index is 0.940. The molecule has 0 unspecified atom stereocenters. The zero-order valence-corrected chi connectivity index (χ0v) is 48.3. The average molecular weight is 1180 g/mol. The van der Waals surface area contributed by atoms with Crippen molar-refractivity contribution in [1.82, 2.24) is 0 Å². The summed E-state index contributed by atoms with van der Waals surface area (Å²) >= 11 is 0. The maximum atomic E-state index is 17.1. The highest BCUT2D eigenvalue weighted by Gasteiger charge is 2.60. The molecule has 5 saturated heterocycles. The van der Waals surface area contributed by atoms with Gasteiger partial charge in [-0.05, 0) is 47.2 Å². The average Bonchev–Trinajstić information content (AvgIpc) is 1.84. The van der Waals surface area contributed by atoms with Gasteiger partial charge >= 0.3 is 0 Å². The maximum absolute atomic E-state index is 17.1. The second-order valence-corrected chi connectivity index (χ2v) is 22.6.